The molecular weight excluding hydrogens is 1200 g/mol. The molecule has 99 heavy (non-hydrogen) atoms. The standard InChI is InChI=1S/C94H67BN4/c1-94(2,3)70-58-89-91-90(59-70)99(93-75(68-38-24-36-66(56-68)62-28-8-4-9-29-62)46-27-47-76(93)69-39-25-37-67(57-69)63-30-10-5-11-31-63)88-61-72(97-85-50-22-18-42-79(85)80-43-19-23-51-86(80)97)53-55-82(88)95(91)81-54-52-71(96-83-48-20-16-40-77(83)78-41-17-21-49-84(78)96)60-87(81)98(89)92-73(64-32-12-6-13-33-64)44-26-45-74(92)65-34-14-7-15-35-65/h4-61H,1-3H3/i16D,17D,18D,19D,20D,21D,22D,23D,40D,41D,42D,43D,48D,49D,50D,51D,52D,53D,54D,55D,58D,59D,60D,61D. The molecule has 0 amide bonds. The van der Waals surface area contributed by atoms with Crippen LogP contribution in [0.3, 0.4) is 0 Å². The highest BCUT2D eigenvalue weighted by atomic mass is 15.2. The van der Waals surface area contributed by atoms with Crippen LogP contribution in [-0.4, -0.2) is 15.8 Å². The van der Waals surface area contributed by atoms with Gasteiger partial charge in [0.25, 0.3) is 6.71 Å². The zero-order valence-electron chi connectivity index (χ0n) is 77.5. The zero-order valence-corrected chi connectivity index (χ0v) is 53.5. The highest BCUT2D eigenvalue weighted by Gasteiger charge is 2.46. The largest absolute Gasteiger partial charge is 0.310 e. The second-order valence-corrected chi connectivity index (χ2v) is 25.7. The molecule has 0 fully saturated rings. The Kier molecular flexibility index (Phi) is 8.97. The molecule has 0 radical (unpaired) electrons. The molecule has 0 bridgehead atoms. The lowest BCUT2D eigenvalue weighted by molar-refractivity contribution is 0.590. The third-order valence-corrected chi connectivity index (χ3v) is 18.9. The topological polar surface area (TPSA) is 16.3 Å². The van der Waals surface area contributed by atoms with E-state index in [0.29, 0.717) is 44.5 Å². The van der Waals surface area contributed by atoms with Crippen LogP contribution in [0.1, 0.15) is 59.2 Å². The van der Waals surface area contributed by atoms with Crippen molar-refractivity contribution in [3.05, 3.63) is 357 Å². The lowest BCUT2D eigenvalue weighted by Gasteiger charge is -2.46. The van der Waals surface area contributed by atoms with E-state index in [0.717, 1.165) is 31.4 Å². The minimum absolute atomic E-state index is 0.0306. The molecule has 19 rings (SSSR count). The maximum Gasteiger partial charge on any atom is 0.252 e. The number of nitrogens with zero attached hydrogens (tertiary/aromatic N) is 4. The van der Waals surface area contributed by atoms with Crippen molar-refractivity contribution in [1.29, 1.82) is 0 Å². The second kappa shape index (κ2) is 23.2. The Hall–Kier alpha value is -12.4. The van der Waals surface area contributed by atoms with E-state index in [1.165, 1.54) is 0 Å². The summed E-state index contributed by atoms with van der Waals surface area (Å²) < 4.78 is 245. The summed E-state index contributed by atoms with van der Waals surface area (Å²) in [5.41, 5.74) is 1.51. The highest BCUT2D eigenvalue weighted by Crippen LogP contribution is 2.55. The van der Waals surface area contributed by atoms with E-state index < -0.39 is 200 Å². The van der Waals surface area contributed by atoms with E-state index in [1.807, 2.05) is 227 Å². The molecule has 5 heteroatoms. The average molecular weight is 1290 g/mol. The Bertz CT molecular complexity index is 7230. The van der Waals surface area contributed by atoms with E-state index in [1.54, 1.807) is 9.80 Å². The highest BCUT2D eigenvalue weighted by molar-refractivity contribution is 7.00. The van der Waals surface area contributed by atoms with Gasteiger partial charge in [-0.3, -0.25) is 0 Å². The lowest BCUT2D eigenvalue weighted by Crippen LogP contribution is -2.61. The molecule has 0 N–H and O–H groups in total. The van der Waals surface area contributed by atoms with Crippen LogP contribution in [0.5, 0.6) is 0 Å². The van der Waals surface area contributed by atoms with Gasteiger partial charge in [0, 0.05) is 77.9 Å². The molecule has 2 aromatic heterocycles. The zero-order chi connectivity index (χ0) is 86.8. The lowest BCUT2D eigenvalue weighted by atomic mass is 9.33. The molecule has 0 saturated heterocycles. The van der Waals surface area contributed by atoms with Gasteiger partial charge in [-0.1, -0.05) is 299 Å². The summed E-state index contributed by atoms with van der Waals surface area (Å²) in [4.78, 5) is 3.29. The summed E-state index contributed by atoms with van der Waals surface area (Å²) in [6.45, 7) is 3.55. The molecule has 17 aromatic rings. The summed E-state index contributed by atoms with van der Waals surface area (Å²) in [5.74, 6) is 0. The number of anilines is 6. The van der Waals surface area contributed by atoms with Crippen molar-refractivity contribution in [3.8, 4) is 78.1 Å². The van der Waals surface area contributed by atoms with Gasteiger partial charge in [0.05, 0.1) is 66.3 Å². The smallest absolute Gasteiger partial charge is 0.252 e. The Labute approximate surface area is 611 Å². The van der Waals surface area contributed by atoms with E-state index >= 15 is 0 Å². The monoisotopic (exact) mass is 1290 g/mol. The molecule has 15 aromatic carbocycles. The van der Waals surface area contributed by atoms with Gasteiger partial charge in [0.15, 0.2) is 0 Å². The number of hydrogen-bond acceptors (Lipinski definition) is 2. The van der Waals surface area contributed by atoms with Crippen LogP contribution in [0.15, 0.2) is 351 Å². The number of aromatic nitrogens is 2. The molecule has 466 valence electrons. The van der Waals surface area contributed by atoms with Crippen molar-refractivity contribution in [2.75, 3.05) is 9.80 Å². The van der Waals surface area contributed by atoms with Gasteiger partial charge in [0.1, 0.15) is 0 Å². The van der Waals surface area contributed by atoms with Gasteiger partial charge < -0.3 is 18.9 Å². The SMILES string of the molecule is [2H]c1c([2H])c(-n2c3c([2H])c([2H])c([2H])c([2H])c3c3c([2H])c([2H])c([2H])c([2H])c32)c([2H])c2c1B1c3c([2H])c([2H])c(-n4c5c([2H])c([2H])c([2H])c([2H])c5c5c([2H])c([2H])c([2H])c([2H])c54)c([2H])c3N(c3c(-c4cccc(-c5ccccc5)c4)cccc3-c3cccc(-c4ccccc4)c3)c3c([2H])c(C(C)(C)C)c([2H])c(c31)N2c1c(-c2ccccc2)cccc1-c1ccccc1. The van der Waals surface area contributed by atoms with E-state index in [-0.39, 0.29) is 68.2 Å². The molecular formula is C94H67BN4. The molecule has 0 atom stereocenters. The quantitative estimate of drug-likeness (QED) is 0.127. The number of para-hydroxylation sites is 6. The molecule has 0 unspecified atom stereocenters. The Balaban J connectivity index is 1.09. The number of rotatable bonds is 10. The molecule has 4 nitrogen and oxygen atoms in total. The first-order valence-electron chi connectivity index (χ1n) is 44.6. The van der Waals surface area contributed by atoms with Gasteiger partial charge in [-0.25, -0.2) is 0 Å². The third kappa shape index (κ3) is 9.44. The van der Waals surface area contributed by atoms with Crippen LogP contribution in [0.25, 0.3) is 122 Å². The summed E-state index contributed by atoms with van der Waals surface area (Å²) in [7, 11) is 0. The molecule has 4 heterocycles. The summed E-state index contributed by atoms with van der Waals surface area (Å²) in [6.07, 6.45) is 0. The number of fused-ring (bicyclic) bond motifs is 10. The maximum absolute atomic E-state index is 11.8. The first-order chi connectivity index (χ1) is 58.8. The van der Waals surface area contributed by atoms with E-state index in [4.69, 9.17) is 5.48 Å². The predicted octanol–water partition coefficient (Wildman–Crippen LogP) is 23.3. The Morgan fingerprint density at radius 1 is 0.293 bits per heavy atom. The fourth-order valence-electron chi connectivity index (χ4n) is 14.4. The van der Waals surface area contributed by atoms with Gasteiger partial charge in [-0.15, -0.1) is 0 Å². The predicted molar refractivity (Wildman–Crippen MR) is 420 cm³/mol. The minimum Gasteiger partial charge on any atom is -0.310 e. The summed E-state index contributed by atoms with van der Waals surface area (Å²) >= 11 is 0. The fourth-order valence-corrected chi connectivity index (χ4v) is 14.4. The second-order valence-electron chi connectivity index (χ2n) is 25.7. The molecule has 2 aliphatic heterocycles. The maximum atomic E-state index is 11.8. The third-order valence-electron chi connectivity index (χ3n) is 18.9. The van der Waals surface area contributed by atoms with Crippen molar-refractivity contribution < 1.29 is 32.9 Å². The van der Waals surface area contributed by atoms with Crippen LogP contribution in [0.4, 0.5) is 34.1 Å². The van der Waals surface area contributed by atoms with Crippen molar-refractivity contribution >= 4 is 101 Å². The van der Waals surface area contributed by atoms with Crippen LogP contribution < -0.4 is 26.2 Å². The van der Waals surface area contributed by atoms with E-state index in [2.05, 4.69) is 0 Å². The van der Waals surface area contributed by atoms with Crippen molar-refractivity contribution in [1.82, 2.24) is 9.13 Å². The van der Waals surface area contributed by atoms with Gasteiger partial charge in [0.2, 0.25) is 0 Å². The van der Waals surface area contributed by atoms with Gasteiger partial charge in [-0.2, -0.15) is 0 Å². The molecule has 2 aliphatic rings. The number of benzene rings is 15. The van der Waals surface area contributed by atoms with Crippen LogP contribution in [-0.2, 0) is 5.41 Å². The molecule has 0 aliphatic carbocycles. The van der Waals surface area contributed by atoms with Gasteiger partial charge >= 0.3 is 0 Å². The average Bonchev–Trinajstić information content (AvgIpc) is 1.20. The number of hydrogen-bond donors (Lipinski definition) is 0. The summed E-state index contributed by atoms with van der Waals surface area (Å²) in [5, 5.41) is -1.62. The minimum atomic E-state index is -1.90. The van der Waals surface area contributed by atoms with Gasteiger partial charge in [-0.05, 0) is 144 Å². The first kappa shape index (κ1) is 38.3. The van der Waals surface area contributed by atoms with Crippen molar-refractivity contribution in [3.63, 3.8) is 0 Å². The van der Waals surface area contributed by atoms with Crippen molar-refractivity contribution in [2.24, 2.45) is 0 Å². The summed E-state index contributed by atoms with van der Waals surface area (Å²) in [6, 6.07) is 46.2. The molecule has 0 saturated carbocycles. The van der Waals surface area contributed by atoms with Crippen LogP contribution >= 0.6 is 0 Å². The van der Waals surface area contributed by atoms with Crippen LogP contribution in [0, 0.1) is 0 Å². The normalized spacial score (nSPS) is 15.9. The van der Waals surface area contributed by atoms with E-state index in [9.17, 15) is 27.4 Å². The van der Waals surface area contributed by atoms with Crippen molar-refractivity contribution in [2.45, 2.75) is 26.2 Å². The Morgan fingerprint density at radius 3 is 0.970 bits per heavy atom. The first-order valence-corrected chi connectivity index (χ1v) is 32.6. The van der Waals surface area contributed by atoms with Crippen LogP contribution in [0.2, 0.25) is 0 Å². The Morgan fingerprint density at radius 2 is 0.606 bits per heavy atom. The fraction of sp³-hybridized carbons (Fsp3) is 0.0426. The molecule has 0 spiro atoms.